The maximum absolute atomic E-state index is 12.5. The number of hydrogen-bond acceptors (Lipinski definition) is 3. The summed E-state index contributed by atoms with van der Waals surface area (Å²) in [5, 5.41) is 12.8. The van der Waals surface area contributed by atoms with Gasteiger partial charge in [0.1, 0.15) is 11.6 Å². The number of anilines is 2. The molecule has 0 unspecified atom stereocenters. The van der Waals surface area contributed by atoms with E-state index in [0.717, 1.165) is 18.5 Å². The average Bonchev–Trinajstić information content (AvgIpc) is 2.66. The van der Waals surface area contributed by atoms with Crippen molar-refractivity contribution in [3.05, 3.63) is 64.2 Å². The SMILES string of the molecule is CCN1c2ccc(/C=C(/C#N)C(=O)Nc3cccc(Cl)c3)cc2[C@@H](C)CC1(C)C. The Morgan fingerprint density at radius 1 is 1.34 bits per heavy atom. The largest absolute Gasteiger partial charge is 0.366 e. The van der Waals surface area contributed by atoms with Crippen LogP contribution in [0.25, 0.3) is 6.08 Å². The first-order valence-electron chi connectivity index (χ1n) is 9.85. The van der Waals surface area contributed by atoms with E-state index >= 15 is 0 Å². The van der Waals surface area contributed by atoms with Gasteiger partial charge in [0, 0.05) is 28.5 Å². The molecule has 2 aromatic rings. The molecule has 0 fully saturated rings. The number of nitriles is 1. The summed E-state index contributed by atoms with van der Waals surface area (Å²) in [4.78, 5) is 15.0. The summed E-state index contributed by atoms with van der Waals surface area (Å²) >= 11 is 5.96. The molecule has 5 heteroatoms. The Bertz CT molecular complexity index is 1000. The maximum atomic E-state index is 12.5. The minimum atomic E-state index is -0.447. The lowest BCUT2D eigenvalue weighted by Gasteiger charge is -2.47. The van der Waals surface area contributed by atoms with Crippen LogP contribution in [0, 0.1) is 11.3 Å². The van der Waals surface area contributed by atoms with Gasteiger partial charge >= 0.3 is 0 Å². The van der Waals surface area contributed by atoms with E-state index in [1.165, 1.54) is 11.3 Å². The van der Waals surface area contributed by atoms with Crippen molar-refractivity contribution in [2.75, 3.05) is 16.8 Å². The molecule has 150 valence electrons. The Morgan fingerprint density at radius 3 is 2.76 bits per heavy atom. The second-order valence-electron chi connectivity index (χ2n) is 8.11. The summed E-state index contributed by atoms with van der Waals surface area (Å²) < 4.78 is 0. The molecular weight excluding hydrogens is 382 g/mol. The highest BCUT2D eigenvalue weighted by molar-refractivity contribution is 6.31. The second-order valence-corrected chi connectivity index (χ2v) is 8.55. The van der Waals surface area contributed by atoms with E-state index in [9.17, 15) is 10.1 Å². The number of hydrogen-bond donors (Lipinski definition) is 1. The Morgan fingerprint density at radius 2 is 2.10 bits per heavy atom. The van der Waals surface area contributed by atoms with Crippen LogP contribution in [0.2, 0.25) is 5.02 Å². The minimum absolute atomic E-state index is 0.0565. The number of benzene rings is 2. The standard InChI is InChI=1S/C24H26ClN3O/c1-5-28-22-10-9-17(12-21(22)16(2)14-24(28,3)4)11-18(15-26)23(29)27-20-8-6-7-19(25)13-20/h6-13,16H,5,14H2,1-4H3,(H,27,29)/b18-11-/t16-/m0/s1. The van der Waals surface area contributed by atoms with Crippen molar-refractivity contribution < 1.29 is 4.79 Å². The van der Waals surface area contributed by atoms with E-state index in [1.54, 1.807) is 30.3 Å². The lowest BCUT2D eigenvalue weighted by Crippen LogP contribution is -2.48. The molecule has 4 nitrogen and oxygen atoms in total. The van der Waals surface area contributed by atoms with Crippen LogP contribution in [0.3, 0.4) is 0 Å². The van der Waals surface area contributed by atoms with Crippen molar-refractivity contribution in [1.29, 1.82) is 5.26 Å². The zero-order valence-electron chi connectivity index (χ0n) is 17.3. The number of rotatable bonds is 4. The van der Waals surface area contributed by atoms with E-state index in [2.05, 4.69) is 50.0 Å². The fraction of sp³-hybridized carbons (Fsp3) is 0.333. The zero-order valence-corrected chi connectivity index (χ0v) is 18.0. The molecular formula is C24H26ClN3O. The normalized spacial score (nSPS) is 18.0. The van der Waals surface area contributed by atoms with Crippen molar-refractivity contribution in [3.63, 3.8) is 0 Å². The van der Waals surface area contributed by atoms with Gasteiger partial charge in [0.05, 0.1) is 0 Å². The number of amides is 1. The van der Waals surface area contributed by atoms with Gasteiger partial charge in [0.15, 0.2) is 0 Å². The molecule has 1 aliphatic rings. The summed E-state index contributed by atoms with van der Waals surface area (Å²) in [5.41, 5.74) is 4.06. The molecule has 0 aromatic heterocycles. The van der Waals surface area contributed by atoms with Gasteiger partial charge in [-0.15, -0.1) is 0 Å². The van der Waals surface area contributed by atoms with Crippen molar-refractivity contribution in [2.45, 2.75) is 45.6 Å². The Kier molecular flexibility index (Phi) is 6.00. The first-order valence-corrected chi connectivity index (χ1v) is 10.2. The van der Waals surface area contributed by atoms with Crippen LogP contribution >= 0.6 is 11.6 Å². The highest BCUT2D eigenvalue weighted by atomic mass is 35.5. The van der Waals surface area contributed by atoms with Gasteiger partial charge < -0.3 is 10.2 Å². The highest BCUT2D eigenvalue weighted by Crippen LogP contribution is 2.43. The van der Waals surface area contributed by atoms with E-state index in [1.807, 2.05) is 12.1 Å². The summed E-state index contributed by atoms with van der Waals surface area (Å²) in [6.07, 6.45) is 2.70. The van der Waals surface area contributed by atoms with Crippen molar-refractivity contribution in [1.82, 2.24) is 0 Å². The van der Waals surface area contributed by atoms with Gasteiger partial charge in [0.25, 0.3) is 5.91 Å². The van der Waals surface area contributed by atoms with E-state index in [-0.39, 0.29) is 11.1 Å². The second kappa shape index (κ2) is 8.31. The summed E-state index contributed by atoms with van der Waals surface area (Å²) in [6, 6.07) is 15.1. The van der Waals surface area contributed by atoms with Crippen LogP contribution in [0.15, 0.2) is 48.0 Å². The molecule has 1 N–H and O–H groups in total. The molecule has 0 saturated heterocycles. The van der Waals surface area contributed by atoms with Gasteiger partial charge in [-0.2, -0.15) is 5.26 Å². The average molecular weight is 408 g/mol. The quantitative estimate of drug-likeness (QED) is 0.499. The Hall–Kier alpha value is -2.77. The number of halogens is 1. The summed E-state index contributed by atoms with van der Waals surface area (Å²) in [5.74, 6) is -0.0428. The Labute approximate surface area is 177 Å². The molecule has 0 bridgehead atoms. The number of nitrogens with zero attached hydrogens (tertiary/aromatic N) is 2. The molecule has 1 heterocycles. The van der Waals surface area contributed by atoms with E-state index < -0.39 is 5.91 Å². The molecule has 29 heavy (non-hydrogen) atoms. The van der Waals surface area contributed by atoms with Gasteiger partial charge in [-0.1, -0.05) is 30.7 Å². The van der Waals surface area contributed by atoms with Crippen LogP contribution in [-0.4, -0.2) is 18.0 Å². The van der Waals surface area contributed by atoms with Crippen molar-refractivity contribution in [2.24, 2.45) is 0 Å². The van der Waals surface area contributed by atoms with Crippen LogP contribution < -0.4 is 10.2 Å². The van der Waals surface area contributed by atoms with Gasteiger partial charge in [-0.3, -0.25) is 4.79 Å². The fourth-order valence-corrected chi connectivity index (χ4v) is 4.47. The van der Waals surface area contributed by atoms with Crippen LogP contribution in [-0.2, 0) is 4.79 Å². The van der Waals surface area contributed by atoms with E-state index in [0.29, 0.717) is 16.6 Å². The molecule has 1 amide bonds. The molecule has 2 aromatic carbocycles. The molecule has 0 radical (unpaired) electrons. The number of carbonyl (C=O) groups excluding carboxylic acids is 1. The Balaban J connectivity index is 1.90. The molecule has 1 aliphatic heterocycles. The number of nitrogens with one attached hydrogen (secondary N) is 1. The van der Waals surface area contributed by atoms with Crippen LogP contribution in [0.5, 0.6) is 0 Å². The van der Waals surface area contributed by atoms with Crippen LogP contribution in [0.4, 0.5) is 11.4 Å². The van der Waals surface area contributed by atoms with Gasteiger partial charge in [0.2, 0.25) is 0 Å². The minimum Gasteiger partial charge on any atom is -0.366 e. The topological polar surface area (TPSA) is 56.1 Å². The van der Waals surface area contributed by atoms with Crippen LogP contribution in [0.1, 0.15) is 51.2 Å². The number of fused-ring (bicyclic) bond motifs is 1. The lowest BCUT2D eigenvalue weighted by molar-refractivity contribution is -0.112. The summed E-state index contributed by atoms with van der Waals surface area (Å²) in [7, 11) is 0. The first kappa shape index (κ1) is 21.0. The van der Waals surface area contributed by atoms with Crippen molar-refractivity contribution in [3.8, 4) is 6.07 Å². The smallest absolute Gasteiger partial charge is 0.266 e. The molecule has 0 spiro atoms. The van der Waals surface area contributed by atoms with E-state index in [4.69, 9.17) is 11.6 Å². The highest BCUT2D eigenvalue weighted by Gasteiger charge is 2.35. The summed E-state index contributed by atoms with van der Waals surface area (Å²) in [6.45, 7) is 9.89. The number of carbonyl (C=O) groups is 1. The predicted molar refractivity (Wildman–Crippen MR) is 120 cm³/mol. The van der Waals surface area contributed by atoms with Gasteiger partial charge in [-0.25, -0.2) is 0 Å². The maximum Gasteiger partial charge on any atom is 0.266 e. The third-order valence-corrected chi connectivity index (χ3v) is 5.72. The third-order valence-electron chi connectivity index (χ3n) is 5.48. The fourth-order valence-electron chi connectivity index (χ4n) is 4.28. The predicted octanol–water partition coefficient (Wildman–Crippen LogP) is 6.00. The molecule has 0 aliphatic carbocycles. The first-order chi connectivity index (χ1) is 13.7. The van der Waals surface area contributed by atoms with Crippen molar-refractivity contribution >= 4 is 35.0 Å². The lowest BCUT2D eigenvalue weighted by atomic mass is 9.79. The molecule has 1 atom stereocenters. The molecule has 0 saturated carbocycles. The van der Waals surface area contributed by atoms with Gasteiger partial charge in [-0.05, 0) is 80.6 Å². The monoisotopic (exact) mass is 407 g/mol. The molecule has 3 rings (SSSR count). The zero-order chi connectivity index (χ0) is 21.2. The third kappa shape index (κ3) is 4.46.